The lowest BCUT2D eigenvalue weighted by atomic mass is 9.74. The SMILES string of the molecule is COc1c(C#N)c(OC)c2ccccc2c1COCC1(c2ccc(F)cc2)CCNCC1. The highest BCUT2D eigenvalue weighted by Gasteiger charge is 2.34. The molecule has 5 nitrogen and oxygen atoms in total. The normalized spacial score (nSPS) is 15.3. The molecule has 0 saturated carbocycles. The van der Waals surface area contributed by atoms with Crippen LogP contribution in [0.3, 0.4) is 0 Å². The van der Waals surface area contributed by atoms with Crippen LogP contribution in [-0.4, -0.2) is 33.9 Å². The molecule has 0 amide bonds. The molecule has 4 rings (SSSR count). The number of fused-ring (bicyclic) bond motifs is 1. The molecule has 1 saturated heterocycles. The van der Waals surface area contributed by atoms with E-state index in [0.717, 1.165) is 47.8 Å². The summed E-state index contributed by atoms with van der Waals surface area (Å²) in [4.78, 5) is 0. The van der Waals surface area contributed by atoms with E-state index in [9.17, 15) is 9.65 Å². The van der Waals surface area contributed by atoms with Crippen molar-refractivity contribution in [2.45, 2.75) is 24.9 Å². The Balaban J connectivity index is 1.68. The van der Waals surface area contributed by atoms with E-state index in [1.807, 2.05) is 36.4 Å². The van der Waals surface area contributed by atoms with Gasteiger partial charge in [0.05, 0.1) is 27.4 Å². The number of nitrogens with zero attached hydrogens (tertiary/aromatic N) is 1. The minimum absolute atomic E-state index is 0.188. The summed E-state index contributed by atoms with van der Waals surface area (Å²) in [5.41, 5.74) is 2.09. The van der Waals surface area contributed by atoms with Gasteiger partial charge in [-0.05, 0) is 49.0 Å². The predicted molar refractivity (Wildman–Crippen MR) is 122 cm³/mol. The summed E-state index contributed by atoms with van der Waals surface area (Å²) in [6, 6.07) is 16.8. The van der Waals surface area contributed by atoms with Crippen molar-refractivity contribution in [3.05, 3.63) is 71.0 Å². The second-order valence-electron chi connectivity index (χ2n) is 8.11. The van der Waals surface area contributed by atoms with Gasteiger partial charge in [-0.3, -0.25) is 0 Å². The van der Waals surface area contributed by atoms with Gasteiger partial charge in [0.25, 0.3) is 0 Å². The highest BCUT2D eigenvalue weighted by atomic mass is 19.1. The monoisotopic (exact) mass is 434 g/mol. The number of nitriles is 1. The van der Waals surface area contributed by atoms with Crippen molar-refractivity contribution >= 4 is 10.8 Å². The van der Waals surface area contributed by atoms with Crippen molar-refractivity contribution in [1.82, 2.24) is 5.32 Å². The van der Waals surface area contributed by atoms with Gasteiger partial charge in [-0.2, -0.15) is 5.26 Å². The molecule has 32 heavy (non-hydrogen) atoms. The molecule has 1 heterocycles. The number of rotatable bonds is 7. The van der Waals surface area contributed by atoms with E-state index in [-0.39, 0.29) is 11.2 Å². The number of nitrogens with one attached hydrogen (secondary N) is 1. The molecule has 1 aliphatic heterocycles. The average molecular weight is 435 g/mol. The molecule has 1 fully saturated rings. The summed E-state index contributed by atoms with van der Waals surface area (Å²) in [5.74, 6) is 0.742. The number of hydrogen-bond donors (Lipinski definition) is 1. The molecule has 0 unspecified atom stereocenters. The Morgan fingerprint density at radius 1 is 0.969 bits per heavy atom. The van der Waals surface area contributed by atoms with Crippen molar-refractivity contribution in [1.29, 1.82) is 5.26 Å². The lowest BCUT2D eigenvalue weighted by molar-refractivity contribution is 0.0560. The maximum Gasteiger partial charge on any atom is 0.148 e. The van der Waals surface area contributed by atoms with Gasteiger partial charge in [-0.15, -0.1) is 0 Å². The minimum Gasteiger partial charge on any atom is -0.495 e. The van der Waals surface area contributed by atoms with E-state index >= 15 is 0 Å². The third-order valence-electron chi connectivity index (χ3n) is 6.39. The molecule has 1 aliphatic rings. The summed E-state index contributed by atoms with van der Waals surface area (Å²) in [5, 5.41) is 15.0. The Bertz CT molecular complexity index is 1130. The van der Waals surface area contributed by atoms with Gasteiger partial charge >= 0.3 is 0 Å². The second-order valence-corrected chi connectivity index (χ2v) is 8.11. The minimum atomic E-state index is -0.239. The summed E-state index contributed by atoms with van der Waals surface area (Å²) >= 11 is 0. The third-order valence-corrected chi connectivity index (χ3v) is 6.39. The summed E-state index contributed by atoms with van der Waals surface area (Å²) < 4.78 is 31.0. The largest absolute Gasteiger partial charge is 0.495 e. The van der Waals surface area contributed by atoms with E-state index in [1.54, 1.807) is 14.2 Å². The van der Waals surface area contributed by atoms with Gasteiger partial charge in [0, 0.05) is 16.4 Å². The van der Waals surface area contributed by atoms with Crippen LogP contribution in [0.5, 0.6) is 11.5 Å². The van der Waals surface area contributed by atoms with Crippen LogP contribution in [0.1, 0.15) is 29.5 Å². The van der Waals surface area contributed by atoms with Gasteiger partial charge in [0.2, 0.25) is 0 Å². The molecule has 3 aromatic carbocycles. The van der Waals surface area contributed by atoms with E-state index in [4.69, 9.17) is 14.2 Å². The molecule has 0 bridgehead atoms. The summed E-state index contributed by atoms with van der Waals surface area (Å²) in [6.45, 7) is 2.55. The zero-order valence-electron chi connectivity index (χ0n) is 18.4. The average Bonchev–Trinajstić information content (AvgIpc) is 2.84. The van der Waals surface area contributed by atoms with Crippen LogP contribution in [0.25, 0.3) is 10.8 Å². The summed E-state index contributed by atoms with van der Waals surface area (Å²) in [7, 11) is 3.11. The van der Waals surface area contributed by atoms with Gasteiger partial charge in [-0.1, -0.05) is 36.4 Å². The fourth-order valence-corrected chi connectivity index (χ4v) is 4.71. The molecule has 0 aromatic heterocycles. The first-order chi connectivity index (χ1) is 15.6. The second kappa shape index (κ2) is 9.56. The Kier molecular flexibility index (Phi) is 6.59. The first-order valence-electron chi connectivity index (χ1n) is 10.7. The number of benzene rings is 3. The van der Waals surface area contributed by atoms with Crippen LogP contribution in [0.2, 0.25) is 0 Å². The Hall–Kier alpha value is -3.14. The van der Waals surface area contributed by atoms with E-state index in [2.05, 4.69) is 11.4 Å². The quantitative estimate of drug-likeness (QED) is 0.584. The highest BCUT2D eigenvalue weighted by Crippen LogP contribution is 2.41. The van der Waals surface area contributed by atoms with Crippen molar-refractivity contribution in [3.63, 3.8) is 0 Å². The number of ether oxygens (including phenoxy) is 3. The Morgan fingerprint density at radius 2 is 1.62 bits per heavy atom. The Morgan fingerprint density at radius 3 is 2.25 bits per heavy atom. The molecule has 0 spiro atoms. The zero-order valence-corrected chi connectivity index (χ0v) is 18.4. The van der Waals surface area contributed by atoms with E-state index in [1.165, 1.54) is 12.1 Å². The first kappa shape index (κ1) is 22.1. The van der Waals surface area contributed by atoms with Crippen molar-refractivity contribution in [3.8, 4) is 17.6 Å². The van der Waals surface area contributed by atoms with Crippen molar-refractivity contribution in [2.75, 3.05) is 33.9 Å². The van der Waals surface area contributed by atoms with Crippen LogP contribution < -0.4 is 14.8 Å². The number of methoxy groups -OCH3 is 2. The van der Waals surface area contributed by atoms with Crippen LogP contribution in [-0.2, 0) is 16.8 Å². The van der Waals surface area contributed by atoms with Crippen molar-refractivity contribution in [2.24, 2.45) is 0 Å². The Labute approximate surface area is 187 Å². The number of piperidine rings is 1. The predicted octanol–water partition coefficient (Wildman–Crippen LogP) is 4.71. The van der Waals surface area contributed by atoms with E-state index in [0.29, 0.717) is 30.3 Å². The smallest absolute Gasteiger partial charge is 0.148 e. The molecule has 6 heteroatoms. The van der Waals surface area contributed by atoms with Gasteiger partial charge in [-0.25, -0.2) is 4.39 Å². The topological polar surface area (TPSA) is 63.5 Å². The molecule has 1 N–H and O–H groups in total. The molecular weight excluding hydrogens is 407 g/mol. The van der Waals surface area contributed by atoms with Gasteiger partial charge < -0.3 is 19.5 Å². The summed E-state index contributed by atoms with van der Waals surface area (Å²) in [6.07, 6.45) is 1.81. The maximum atomic E-state index is 13.5. The van der Waals surface area contributed by atoms with Crippen LogP contribution in [0.4, 0.5) is 4.39 Å². The maximum absolute atomic E-state index is 13.5. The molecule has 0 aliphatic carbocycles. The zero-order chi connectivity index (χ0) is 22.6. The van der Waals surface area contributed by atoms with E-state index < -0.39 is 0 Å². The molecule has 3 aromatic rings. The van der Waals surface area contributed by atoms with Gasteiger partial charge in [0.15, 0.2) is 0 Å². The molecule has 0 atom stereocenters. The first-order valence-corrected chi connectivity index (χ1v) is 10.7. The third kappa shape index (κ3) is 4.02. The molecule has 166 valence electrons. The standard InChI is InChI=1S/C26H27FN2O3/c1-30-24-21-6-4-3-5-20(21)23(25(31-2)22(24)15-28)16-32-17-26(11-13-29-14-12-26)18-7-9-19(27)10-8-18/h3-10,29H,11-14,16-17H2,1-2H3. The lowest BCUT2D eigenvalue weighted by Gasteiger charge is -2.38. The van der Waals surface area contributed by atoms with Crippen LogP contribution >= 0.6 is 0 Å². The van der Waals surface area contributed by atoms with Crippen LogP contribution in [0, 0.1) is 17.1 Å². The lowest BCUT2D eigenvalue weighted by Crippen LogP contribution is -2.43. The fraction of sp³-hybridized carbons (Fsp3) is 0.346. The highest BCUT2D eigenvalue weighted by molar-refractivity contribution is 5.95. The number of hydrogen-bond acceptors (Lipinski definition) is 5. The molecule has 0 radical (unpaired) electrons. The number of halogens is 1. The van der Waals surface area contributed by atoms with Crippen molar-refractivity contribution < 1.29 is 18.6 Å². The van der Waals surface area contributed by atoms with Crippen LogP contribution in [0.15, 0.2) is 48.5 Å². The van der Waals surface area contributed by atoms with Gasteiger partial charge in [0.1, 0.15) is 28.9 Å². The fourth-order valence-electron chi connectivity index (χ4n) is 4.71. The molecular formula is C26H27FN2O3.